The van der Waals surface area contributed by atoms with Crippen LogP contribution in [0.3, 0.4) is 0 Å². The minimum atomic E-state index is -0.154. The number of benzene rings is 2. The third-order valence-corrected chi connectivity index (χ3v) is 4.58. The molecule has 25 heavy (non-hydrogen) atoms. The van der Waals surface area contributed by atoms with Crippen molar-refractivity contribution in [3.05, 3.63) is 52.0 Å². The first kappa shape index (κ1) is 19.1. The van der Waals surface area contributed by atoms with Crippen molar-refractivity contribution in [2.45, 2.75) is 12.8 Å². The molecule has 5 nitrogen and oxygen atoms in total. The predicted octanol–water partition coefficient (Wildman–Crippen LogP) is 3.84. The van der Waals surface area contributed by atoms with E-state index in [-0.39, 0.29) is 5.91 Å². The van der Waals surface area contributed by atoms with Crippen LogP contribution in [-0.2, 0) is 6.42 Å². The van der Waals surface area contributed by atoms with E-state index in [1.54, 1.807) is 33.5 Å². The van der Waals surface area contributed by atoms with Gasteiger partial charge in [-0.1, -0.05) is 12.1 Å². The first-order valence-corrected chi connectivity index (χ1v) is 8.71. The van der Waals surface area contributed by atoms with E-state index in [1.165, 1.54) is 5.56 Å². The van der Waals surface area contributed by atoms with Crippen molar-refractivity contribution in [3.8, 4) is 17.2 Å². The van der Waals surface area contributed by atoms with E-state index >= 15 is 0 Å². The van der Waals surface area contributed by atoms with E-state index in [4.69, 9.17) is 14.2 Å². The lowest BCUT2D eigenvalue weighted by Crippen LogP contribution is -2.24. The van der Waals surface area contributed by atoms with Crippen molar-refractivity contribution < 1.29 is 19.0 Å². The molecule has 0 bridgehead atoms. The number of hydrogen-bond acceptors (Lipinski definition) is 4. The molecule has 0 heterocycles. The van der Waals surface area contributed by atoms with Crippen LogP contribution in [0.2, 0.25) is 0 Å². The fourth-order valence-electron chi connectivity index (χ4n) is 2.39. The summed E-state index contributed by atoms with van der Waals surface area (Å²) in [5.74, 6) is 1.81. The van der Waals surface area contributed by atoms with Gasteiger partial charge < -0.3 is 19.5 Å². The van der Waals surface area contributed by atoms with Crippen LogP contribution >= 0.6 is 15.9 Å². The first-order valence-electron chi connectivity index (χ1n) is 7.91. The van der Waals surface area contributed by atoms with Gasteiger partial charge in [0.05, 0.1) is 21.3 Å². The van der Waals surface area contributed by atoms with Gasteiger partial charge in [-0.3, -0.25) is 4.79 Å². The van der Waals surface area contributed by atoms with Gasteiger partial charge in [0, 0.05) is 12.1 Å². The molecule has 1 amide bonds. The van der Waals surface area contributed by atoms with E-state index in [9.17, 15) is 4.79 Å². The highest BCUT2D eigenvalue weighted by molar-refractivity contribution is 9.10. The van der Waals surface area contributed by atoms with Crippen LogP contribution in [0.1, 0.15) is 22.3 Å². The fraction of sp³-hybridized carbons (Fsp3) is 0.316. The lowest BCUT2D eigenvalue weighted by molar-refractivity contribution is 0.0952. The summed E-state index contributed by atoms with van der Waals surface area (Å²) < 4.78 is 16.4. The zero-order chi connectivity index (χ0) is 18.2. The second kappa shape index (κ2) is 9.32. The summed E-state index contributed by atoms with van der Waals surface area (Å²) in [5.41, 5.74) is 1.71. The third kappa shape index (κ3) is 5.13. The summed E-state index contributed by atoms with van der Waals surface area (Å²) >= 11 is 3.39. The van der Waals surface area contributed by atoms with Crippen LogP contribution in [0.5, 0.6) is 17.2 Å². The van der Waals surface area contributed by atoms with Gasteiger partial charge in [-0.05, 0) is 58.6 Å². The molecular weight excluding hydrogens is 386 g/mol. The summed E-state index contributed by atoms with van der Waals surface area (Å²) in [6.07, 6.45) is 1.74. The number of carbonyl (C=O) groups is 1. The van der Waals surface area contributed by atoms with Gasteiger partial charge in [-0.15, -0.1) is 0 Å². The molecule has 6 heteroatoms. The standard InChI is InChI=1S/C19H22BrNO4/c1-23-15-8-6-13(7-9-15)5-4-10-21-19(22)14-11-16(24-2)18(20)17(12-14)25-3/h6-9,11-12H,4-5,10H2,1-3H3,(H,21,22). The SMILES string of the molecule is COc1ccc(CCCNC(=O)c2cc(OC)c(Br)c(OC)c2)cc1. The molecule has 0 saturated carbocycles. The van der Waals surface area contributed by atoms with Crippen molar-refractivity contribution in [2.24, 2.45) is 0 Å². The molecule has 134 valence electrons. The average Bonchev–Trinajstić information content (AvgIpc) is 2.65. The number of nitrogens with one attached hydrogen (secondary N) is 1. The van der Waals surface area contributed by atoms with Crippen LogP contribution < -0.4 is 19.5 Å². The highest BCUT2D eigenvalue weighted by atomic mass is 79.9. The topological polar surface area (TPSA) is 56.8 Å². The van der Waals surface area contributed by atoms with Gasteiger partial charge >= 0.3 is 0 Å². The molecule has 0 unspecified atom stereocenters. The second-order valence-electron chi connectivity index (χ2n) is 5.40. The first-order chi connectivity index (χ1) is 12.1. The Labute approximate surface area is 156 Å². The molecule has 1 N–H and O–H groups in total. The largest absolute Gasteiger partial charge is 0.497 e. The Balaban J connectivity index is 1.89. The lowest BCUT2D eigenvalue weighted by atomic mass is 10.1. The van der Waals surface area contributed by atoms with E-state index < -0.39 is 0 Å². The Morgan fingerprint density at radius 3 is 2.12 bits per heavy atom. The highest BCUT2D eigenvalue weighted by Crippen LogP contribution is 2.35. The third-order valence-electron chi connectivity index (χ3n) is 3.79. The number of ether oxygens (including phenoxy) is 3. The molecule has 0 aliphatic rings. The minimum absolute atomic E-state index is 0.154. The average molecular weight is 408 g/mol. The maximum Gasteiger partial charge on any atom is 0.251 e. The molecular formula is C19H22BrNO4. The summed E-state index contributed by atoms with van der Waals surface area (Å²) in [4.78, 5) is 12.3. The smallest absolute Gasteiger partial charge is 0.251 e. The zero-order valence-corrected chi connectivity index (χ0v) is 16.2. The molecule has 2 rings (SSSR count). The van der Waals surface area contributed by atoms with Crippen LogP contribution in [-0.4, -0.2) is 33.8 Å². The molecule has 0 fully saturated rings. The molecule has 2 aromatic rings. The molecule has 0 atom stereocenters. The van der Waals surface area contributed by atoms with E-state index in [0.717, 1.165) is 18.6 Å². The van der Waals surface area contributed by atoms with Crippen LogP contribution in [0.4, 0.5) is 0 Å². The maximum atomic E-state index is 12.3. The Hall–Kier alpha value is -2.21. The van der Waals surface area contributed by atoms with Crippen molar-refractivity contribution in [2.75, 3.05) is 27.9 Å². The Bertz CT molecular complexity index is 691. The summed E-state index contributed by atoms with van der Waals surface area (Å²) in [6.45, 7) is 0.589. The highest BCUT2D eigenvalue weighted by Gasteiger charge is 2.14. The van der Waals surface area contributed by atoms with Gasteiger partial charge in [0.25, 0.3) is 5.91 Å². The number of methoxy groups -OCH3 is 3. The lowest BCUT2D eigenvalue weighted by Gasteiger charge is -2.12. The zero-order valence-electron chi connectivity index (χ0n) is 14.6. The summed E-state index contributed by atoms with van der Waals surface area (Å²) in [5, 5.41) is 2.92. The Morgan fingerprint density at radius 1 is 1.00 bits per heavy atom. The van der Waals surface area contributed by atoms with E-state index in [0.29, 0.717) is 28.1 Å². The van der Waals surface area contributed by atoms with E-state index in [1.807, 2.05) is 24.3 Å². The monoisotopic (exact) mass is 407 g/mol. The normalized spacial score (nSPS) is 10.2. The number of carbonyl (C=O) groups excluding carboxylic acids is 1. The van der Waals surface area contributed by atoms with Crippen LogP contribution in [0, 0.1) is 0 Å². The maximum absolute atomic E-state index is 12.3. The van der Waals surface area contributed by atoms with Crippen LogP contribution in [0.25, 0.3) is 0 Å². The van der Waals surface area contributed by atoms with Gasteiger partial charge in [0.2, 0.25) is 0 Å². The number of rotatable bonds is 8. The predicted molar refractivity (Wildman–Crippen MR) is 101 cm³/mol. The number of aryl methyl sites for hydroxylation is 1. The van der Waals surface area contributed by atoms with Gasteiger partial charge in [0.1, 0.15) is 21.7 Å². The summed E-state index contributed by atoms with van der Waals surface area (Å²) in [6, 6.07) is 11.3. The Morgan fingerprint density at radius 2 is 1.60 bits per heavy atom. The fourth-order valence-corrected chi connectivity index (χ4v) is 2.94. The van der Waals surface area contributed by atoms with Crippen LogP contribution in [0.15, 0.2) is 40.9 Å². The van der Waals surface area contributed by atoms with Crippen molar-refractivity contribution >= 4 is 21.8 Å². The number of amides is 1. The Kier molecular flexibility index (Phi) is 7.13. The quantitative estimate of drug-likeness (QED) is 0.675. The van der Waals surface area contributed by atoms with Crippen molar-refractivity contribution in [1.29, 1.82) is 0 Å². The molecule has 0 spiro atoms. The number of halogens is 1. The molecule has 0 radical (unpaired) electrons. The van der Waals surface area contributed by atoms with Gasteiger partial charge in [-0.25, -0.2) is 0 Å². The molecule has 0 saturated heterocycles. The molecule has 0 aromatic heterocycles. The van der Waals surface area contributed by atoms with Gasteiger partial charge in [-0.2, -0.15) is 0 Å². The van der Waals surface area contributed by atoms with Gasteiger partial charge in [0.15, 0.2) is 0 Å². The second-order valence-corrected chi connectivity index (χ2v) is 6.20. The summed E-state index contributed by atoms with van der Waals surface area (Å²) in [7, 11) is 4.75. The molecule has 2 aromatic carbocycles. The van der Waals surface area contributed by atoms with Crippen molar-refractivity contribution in [1.82, 2.24) is 5.32 Å². The van der Waals surface area contributed by atoms with E-state index in [2.05, 4.69) is 21.2 Å². The minimum Gasteiger partial charge on any atom is -0.497 e. The molecule has 0 aliphatic carbocycles. The number of hydrogen-bond donors (Lipinski definition) is 1. The molecule has 0 aliphatic heterocycles. The van der Waals surface area contributed by atoms with Crippen molar-refractivity contribution in [3.63, 3.8) is 0 Å².